The number of amides is 1. The third-order valence-electron chi connectivity index (χ3n) is 4.04. The molecule has 1 amide bonds. The van der Waals surface area contributed by atoms with Crippen molar-refractivity contribution < 1.29 is 9.53 Å². The summed E-state index contributed by atoms with van der Waals surface area (Å²) in [6, 6.07) is 7.72. The standard InChI is InChI=1S/C15H19ClN2O2/c16-13-3-1-2-12(8-13)15-17-9-14(19)18(15)10-11-4-6-20-7-5-11/h1-3,8,11,15,17H,4-7,9-10H2. The summed E-state index contributed by atoms with van der Waals surface area (Å²) < 4.78 is 5.38. The Morgan fingerprint density at radius 1 is 1.35 bits per heavy atom. The molecule has 1 aromatic rings. The van der Waals surface area contributed by atoms with Crippen LogP contribution >= 0.6 is 11.6 Å². The van der Waals surface area contributed by atoms with Crippen LogP contribution in [0.4, 0.5) is 0 Å². The van der Waals surface area contributed by atoms with Crippen molar-refractivity contribution in [3.05, 3.63) is 34.9 Å². The van der Waals surface area contributed by atoms with Gasteiger partial charge in [0, 0.05) is 24.8 Å². The van der Waals surface area contributed by atoms with E-state index < -0.39 is 0 Å². The van der Waals surface area contributed by atoms with Crippen LogP contribution in [0.25, 0.3) is 0 Å². The summed E-state index contributed by atoms with van der Waals surface area (Å²) in [4.78, 5) is 14.1. The number of carbonyl (C=O) groups excluding carboxylic acids is 1. The highest BCUT2D eigenvalue weighted by Gasteiger charge is 2.33. The second-order valence-electron chi connectivity index (χ2n) is 5.44. The van der Waals surface area contributed by atoms with Crippen LogP contribution in [0.5, 0.6) is 0 Å². The SMILES string of the molecule is O=C1CNC(c2cccc(Cl)c2)N1CC1CCOCC1. The monoisotopic (exact) mass is 294 g/mol. The smallest absolute Gasteiger partial charge is 0.238 e. The van der Waals surface area contributed by atoms with Gasteiger partial charge in [-0.1, -0.05) is 23.7 Å². The fourth-order valence-corrected chi connectivity index (χ4v) is 3.13. The Morgan fingerprint density at radius 3 is 2.90 bits per heavy atom. The zero-order valence-corrected chi connectivity index (χ0v) is 12.1. The highest BCUT2D eigenvalue weighted by Crippen LogP contribution is 2.27. The van der Waals surface area contributed by atoms with E-state index in [1.54, 1.807) is 0 Å². The van der Waals surface area contributed by atoms with E-state index in [9.17, 15) is 4.79 Å². The van der Waals surface area contributed by atoms with Gasteiger partial charge in [0.2, 0.25) is 5.91 Å². The Labute approximate surface area is 124 Å². The first-order chi connectivity index (χ1) is 9.74. The Bertz CT molecular complexity index is 489. The number of benzene rings is 1. The molecule has 1 unspecified atom stereocenters. The number of ether oxygens (including phenoxy) is 1. The van der Waals surface area contributed by atoms with Crippen LogP contribution in [-0.2, 0) is 9.53 Å². The molecule has 0 aromatic heterocycles. The van der Waals surface area contributed by atoms with E-state index in [0.717, 1.165) is 38.2 Å². The van der Waals surface area contributed by atoms with Gasteiger partial charge in [0.15, 0.2) is 0 Å². The highest BCUT2D eigenvalue weighted by atomic mass is 35.5. The largest absolute Gasteiger partial charge is 0.381 e. The fourth-order valence-electron chi connectivity index (χ4n) is 2.93. The highest BCUT2D eigenvalue weighted by molar-refractivity contribution is 6.30. The van der Waals surface area contributed by atoms with Gasteiger partial charge in [-0.05, 0) is 36.5 Å². The van der Waals surface area contributed by atoms with E-state index >= 15 is 0 Å². The molecule has 0 radical (unpaired) electrons. The van der Waals surface area contributed by atoms with Crippen LogP contribution in [0.1, 0.15) is 24.6 Å². The molecule has 0 bridgehead atoms. The second kappa shape index (κ2) is 6.12. The number of rotatable bonds is 3. The van der Waals surface area contributed by atoms with Crippen LogP contribution in [0.3, 0.4) is 0 Å². The first-order valence-corrected chi connectivity index (χ1v) is 7.48. The summed E-state index contributed by atoms with van der Waals surface area (Å²) in [7, 11) is 0. The van der Waals surface area contributed by atoms with Crippen LogP contribution in [-0.4, -0.2) is 37.1 Å². The molecule has 3 rings (SSSR count). The molecule has 5 heteroatoms. The van der Waals surface area contributed by atoms with E-state index in [1.165, 1.54) is 0 Å². The average molecular weight is 295 g/mol. The molecule has 1 aromatic carbocycles. The summed E-state index contributed by atoms with van der Waals surface area (Å²) in [5, 5.41) is 3.98. The maximum Gasteiger partial charge on any atom is 0.238 e. The first kappa shape index (κ1) is 13.9. The molecule has 20 heavy (non-hydrogen) atoms. The first-order valence-electron chi connectivity index (χ1n) is 7.10. The number of carbonyl (C=O) groups is 1. The molecule has 4 nitrogen and oxygen atoms in total. The van der Waals surface area contributed by atoms with Crippen molar-refractivity contribution in [1.29, 1.82) is 0 Å². The number of nitrogens with zero attached hydrogens (tertiary/aromatic N) is 1. The maximum absolute atomic E-state index is 12.1. The molecular formula is C15H19ClN2O2. The van der Waals surface area contributed by atoms with Gasteiger partial charge in [-0.25, -0.2) is 0 Å². The molecule has 108 valence electrons. The molecule has 2 aliphatic rings. The van der Waals surface area contributed by atoms with Crippen molar-refractivity contribution >= 4 is 17.5 Å². The molecule has 1 atom stereocenters. The number of nitrogens with one attached hydrogen (secondary N) is 1. The van der Waals surface area contributed by atoms with E-state index in [1.807, 2.05) is 29.2 Å². The normalized spacial score (nSPS) is 24.4. The van der Waals surface area contributed by atoms with E-state index in [-0.39, 0.29) is 12.1 Å². The van der Waals surface area contributed by atoms with Crippen LogP contribution < -0.4 is 5.32 Å². The summed E-state index contributed by atoms with van der Waals surface area (Å²) >= 11 is 6.05. The van der Waals surface area contributed by atoms with Crippen molar-refractivity contribution in [3.63, 3.8) is 0 Å². The van der Waals surface area contributed by atoms with Gasteiger partial charge in [0.25, 0.3) is 0 Å². The number of hydrogen-bond acceptors (Lipinski definition) is 3. The predicted molar refractivity (Wildman–Crippen MR) is 77.5 cm³/mol. The van der Waals surface area contributed by atoms with Gasteiger partial charge >= 0.3 is 0 Å². The quantitative estimate of drug-likeness (QED) is 0.929. The molecule has 2 saturated heterocycles. The molecule has 0 aliphatic carbocycles. The minimum atomic E-state index is -0.0518. The van der Waals surface area contributed by atoms with Crippen molar-refractivity contribution in [2.24, 2.45) is 5.92 Å². The minimum Gasteiger partial charge on any atom is -0.381 e. The van der Waals surface area contributed by atoms with E-state index in [2.05, 4.69) is 5.32 Å². The molecule has 0 spiro atoms. The van der Waals surface area contributed by atoms with Crippen LogP contribution in [0.2, 0.25) is 5.02 Å². The molecule has 0 saturated carbocycles. The Hall–Kier alpha value is -1.10. The number of halogens is 1. The lowest BCUT2D eigenvalue weighted by Gasteiger charge is -2.31. The van der Waals surface area contributed by atoms with Crippen LogP contribution in [0, 0.1) is 5.92 Å². The lowest BCUT2D eigenvalue weighted by atomic mass is 9.99. The molecule has 1 N–H and O–H groups in total. The Kier molecular flexibility index (Phi) is 4.24. The predicted octanol–water partition coefficient (Wildman–Crippen LogP) is 2.20. The van der Waals surface area contributed by atoms with Crippen molar-refractivity contribution in [2.45, 2.75) is 19.0 Å². The summed E-state index contributed by atoms with van der Waals surface area (Å²) in [6.07, 6.45) is 2.02. The van der Waals surface area contributed by atoms with E-state index in [0.29, 0.717) is 17.5 Å². The molecule has 2 aliphatic heterocycles. The lowest BCUT2D eigenvalue weighted by molar-refractivity contribution is -0.129. The molecule has 2 heterocycles. The number of hydrogen-bond donors (Lipinski definition) is 1. The fraction of sp³-hybridized carbons (Fsp3) is 0.533. The zero-order chi connectivity index (χ0) is 13.9. The van der Waals surface area contributed by atoms with Gasteiger partial charge in [0.05, 0.1) is 6.54 Å². The van der Waals surface area contributed by atoms with Crippen molar-refractivity contribution in [3.8, 4) is 0 Å². The second-order valence-corrected chi connectivity index (χ2v) is 5.88. The third-order valence-corrected chi connectivity index (χ3v) is 4.27. The van der Waals surface area contributed by atoms with E-state index in [4.69, 9.17) is 16.3 Å². The van der Waals surface area contributed by atoms with Gasteiger partial charge in [0.1, 0.15) is 6.17 Å². The maximum atomic E-state index is 12.1. The van der Waals surface area contributed by atoms with Crippen molar-refractivity contribution in [2.75, 3.05) is 26.3 Å². The minimum absolute atomic E-state index is 0.0518. The lowest BCUT2D eigenvalue weighted by Crippen LogP contribution is -2.36. The van der Waals surface area contributed by atoms with Gasteiger partial charge < -0.3 is 9.64 Å². The van der Waals surface area contributed by atoms with Crippen LogP contribution in [0.15, 0.2) is 24.3 Å². The third kappa shape index (κ3) is 2.97. The summed E-state index contributed by atoms with van der Waals surface area (Å²) in [6.45, 7) is 2.82. The van der Waals surface area contributed by atoms with Gasteiger partial charge in [-0.2, -0.15) is 0 Å². The van der Waals surface area contributed by atoms with Crippen molar-refractivity contribution in [1.82, 2.24) is 10.2 Å². The summed E-state index contributed by atoms with van der Waals surface area (Å²) in [5.41, 5.74) is 1.05. The zero-order valence-electron chi connectivity index (χ0n) is 11.3. The topological polar surface area (TPSA) is 41.6 Å². The molecular weight excluding hydrogens is 276 g/mol. The van der Waals surface area contributed by atoms with Gasteiger partial charge in [-0.3, -0.25) is 10.1 Å². The average Bonchev–Trinajstić information content (AvgIpc) is 2.82. The Balaban J connectivity index is 1.74. The summed E-state index contributed by atoms with van der Waals surface area (Å²) in [5.74, 6) is 0.704. The van der Waals surface area contributed by atoms with Gasteiger partial charge in [-0.15, -0.1) is 0 Å². The Morgan fingerprint density at radius 2 is 2.15 bits per heavy atom. The molecule has 2 fully saturated rings.